The van der Waals surface area contributed by atoms with E-state index in [2.05, 4.69) is 38.8 Å². The molecule has 1 aliphatic rings. The van der Waals surface area contributed by atoms with Gasteiger partial charge in [-0.15, -0.1) is 0 Å². The average Bonchev–Trinajstić information content (AvgIpc) is 1.94. The van der Waals surface area contributed by atoms with E-state index < -0.39 is 0 Å². The lowest BCUT2D eigenvalue weighted by molar-refractivity contribution is 0.508. The summed E-state index contributed by atoms with van der Waals surface area (Å²) in [5, 5.41) is 1.04. The third-order valence-corrected chi connectivity index (χ3v) is 3.63. The van der Waals surface area contributed by atoms with E-state index in [1.54, 1.807) is 5.57 Å². The number of hydrogen-bond acceptors (Lipinski definition) is 0. The summed E-state index contributed by atoms with van der Waals surface area (Å²) in [6.07, 6.45) is 3.85. The van der Waals surface area contributed by atoms with Crippen LogP contribution in [0.4, 0.5) is 0 Å². The van der Waals surface area contributed by atoms with Gasteiger partial charge in [0.2, 0.25) is 0 Å². The molecule has 0 bridgehead atoms. The molecule has 2 heteroatoms. The zero-order chi connectivity index (χ0) is 7.56. The molecule has 0 radical (unpaired) electrons. The van der Waals surface area contributed by atoms with Crippen molar-refractivity contribution in [2.75, 3.05) is 5.33 Å². The van der Waals surface area contributed by atoms with E-state index in [1.165, 1.54) is 23.7 Å². The third kappa shape index (κ3) is 2.09. The van der Waals surface area contributed by atoms with Crippen LogP contribution in [0, 0.1) is 5.92 Å². The van der Waals surface area contributed by atoms with Crippen LogP contribution in [0.3, 0.4) is 0 Å². The standard InChI is InChI=1S/C8H12Br2/c1-6-2-3-8(10)7(4-6)5-9/h6H,2-5H2,1H3/t6-/m0/s1. The Balaban J connectivity index is 2.62. The Bertz CT molecular complexity index is 149. The van der Waals surface area contributed by atoms with Crippen LogP contribution in [0.25, 0.3) is 0 Å². The minimum Gasteiger partial charge on any atom is -0.0880 e. The summed E-state index contributed by atoms with van der Waals surface area (Å²) < 4.78 is 1.43. The van der Waals surface area contributed by atoms with Gasteiger partial charge < -0.3 is 0 Å². The van der Waals surface area contributed by atoms with Crippen molar-refractivity contribution in [3.63, 3.8) is 0 Å². The topological polar surface area (TPSA) is 0 Å². The summed E-state index contributed by atoms with van der Waals surface area (Å²) in [7, 11) is 0. The Labute approximate surface area is 79.3 Å². The largest absolute Gasteiger partial charge is 0.0880 e. The van der Waals surface area contributed by atoms with Gasteiger partial charge in [0.25, 0.3) is 0 Å². The van der Waals surface area contributed by atoms with E-state index in [0.29, 0.717) is 0 Å². The second kappa shape index (κ2) is 3.91. The molecule has 0 aromatic rings. The van der Waals surface area contributed by atoms with Gasteiger partial charge in [-0.25, -0.2) is 0 Å². The molecule has 1 atom stereocenters. The first kappa shape index (κ1) is 8.79. The van der Waals surface area contributed by atoms with Crippen LogP contribution >= 0.6 is 31.9 Å². The van der Waals surface area contributed by atoms with Gasteiger partial charge in [0.15, 0.2) is 0 Å². The first-order chi connectivity index (χ1) is 4.74. The lowest BCUT2D eigenvalue weighted by atomic mass is 9.91. The minimum atomic E-state index is 0.883. The summed E-state index contributed by atoms with van der Waals surface area (Å²) >= 11 is 7.08. The van der Waals surface area contributed by atoms with Crippen LogP contribution in [-0.2, 0) is 0 Å². The first-order valence-electron chi connectivity index (χ1n) is 3.66. The summed E-state index contributed by atoms with van der Waals surface area (Å²) in [4.78, 5) is 0. The monoisotopic (exact) mass is 266 g/mol. The van der Waals surface area contributed by atoms with Gasteiger partial charge >= 0.3 is 0 Å². The SMILES string of the molecule is C[C@H]1CCC(Br)=C(CBr)C1. The summed E-state index contributed by atoms with van der Waals surface area (Å²) in [6.45, 7) is 2.32. The highest BCUT2D eigenvalue weighted by Gasteiger charge is 2.14. The third-order valence-electron chi connectivity index (χ3n) is 2.00. The van der Waals surface area contributed by atoms with Crippen molar-refractivity contribution in [1.82, 2.24) is 0 Å². The Morgan fingerprint density at radius 2 is 2.30 bits per heavy atom. The Hall–Kier alpha value is 0.700. The van der Waals surface area contributed by atoms with Gasteiger partial charge in [-0.05, 0) is 35.2 Å². The Morgan fingerprint density at radius 1 is 1.60 bits per heavy atom. The number of rotatable bonds is 1. The normalized spacial score (nSPS) is 27.3. The molecule has 0 aliphatic heterocycles. The number of allylic oxidation sites excluding steroid dienone is 2. The predicted molar refractivity (Wildman–Crippen MR) is 52.8 cm³/mol. The molecule has 0 unspecified atom stereocenters. The molecular formula is C8H12Br2. The number of halogens is 2. The molecule has 0 aromatic carbocycles. The highest BCUT2D eigenvalue weighted by Crippen LogP contribution is 2.33. The van der Waals surface area contributed by atoms with Gasteiger partial charge in [0.1, 0.15) is 0 Å². The molecule has 0 saturated heterocycles. The average molecular weight is 268 g/mol. The van der Waals surface area contributed by atoms with E-state index in [4.69, 9.17) is 0 Å². The molecule has 0 heterocycles. The van der Waals surface area contributed by atoms with Crippen LogP contribution in [0.2, 0.25) is 0 Å². The molecule has 0 N–H and O–H groups in total. The van der Waals surface area contributed by atoms with Crippen molar-refractivity contribution < 1.29 is 0 Å². The first-order valence-corrected chi connectivity index (χ1v) is 5.58. The van der Waals surface area contributed by atoms with E-state index in [1.807, 2.05) is 0 Å². The van der Waals surface area contributed by atoms with Crippen LogP contribution in [0.5, 0.6) is 0 Å². The van der Waals surface area contributed by atoms with E-state index in [0.717, 1.165) is 11.2 Å². The molecular weight excluding hydrogens is 256 g/mol. The predicted octanol–water partition coefficient (Wildman–Crippen LogP) is 3.85. The summed E-state index contributed by atoms with van der Waals surface area (Å²) in [6, 6.07) is 0. The van der Waals surface area contributed by atoms with Gasteiger partial charge in [0.05, 0.1) is 0 Å². The highest BCUT2D eigenvalue weighted by atomic mass is 79.9. The fraction of sp³-hybridized carbons (Fsp3) is 0.750. The van der Waals surface area contributed by atoms with Crippen molar-refractivity contribution in [3.8, 4) is 0 Å². The van der Waals surface area contributed by atoms with Crippen molar-refractivity contribution in [2.45, 2.75) is 26.2 Å². The van der Waals surface area contributed by atoms with E-state index in [-0.39, 0.29) is 0 Å². The van der Waals surface area contributed by atoms with Crippen molar-refractivity contribution in [2.24, 2.45) is 5.92 Å². The smallest absolute Gasteiger partial charge is 0.0252 e. The van der Waals surface area contributed by atoms with Gasteiger partial charge in [-0.3, -0.25) is 0 Å². The van der Waals surface area contributed by atoms with Crippen LogP contribution in [0.1, 0.15) is 26.2 Å². The van der Waals surface area contributed by atoms with Crippen molar-refractivity contribution in [1.29, 1.82) is 0 Å². The molecule has 10 heavy (non-hydrogen) atoms. The minimum absolute atomic E-state index is 0.883. The van der Waals surface area contributed by atoms with Crippen LogP contribution < -0.4 is 0 Å². The Kier molecular flexibility index (Phi) is 3.44. The molecule has 0 nitrogen and oxygen atoms in total. The lowest BCUT2D eigenvalue weighted by Crippen LogP contribution is -2.05. The fourth-order valence-corrected chi connectivity index (χ4v) is 2.78. The maximum absolute atomic E-state index is 3.59. The molecule has 1 aliphatic carbocycles. The summed E-state index contributed by atoms with van der Waals surface area (Å²) in [5.41, 5.74) is 1.55. The molecule has 0 amide bonds. The molecule has 0 saturated carbocycles. The second-order valence-electron chi connectivity index (χ2n) is 2.99. The summed E-state index contributed by atoms with van der Waals surface area (Å²) in [5.74, 6) is 0.883. The van der Waals surface area contributed by atoms with Crippen molar-refractivity contribution in [3.05, 3.63) is 10.1 Å². The van der Waals surface area contributed by atoms with Gasteiger partial charge in [0, 0.05) is 5.33 Å². The second-order valence-corrected chi connectivity index (χ2v) is 4.51. The van der Waals surface area contributed by atoms with Crippen LogP contribution in [-0.4, -0.2) is 5.33 Å². The molecule has 0 spiro atoms. The highest BCUT2D eigenvalue weighted by molar-refractivity contribution is 9.12. The quantitative estimate of drug-likeness (QED) is 0.633. The number of alkyl halides is 1. The maximum atomic E-state index is 3.59. The van der Waals surface area contributed by atoms with E-state index >= 15 is 0 Å². The van der Waals surface area contributed by atoms with Gasteiger partial charge in [-0.1, -0.05) is 38.8 Å². The Morgan fingerprint density at radius 3 is 2.80 bits per heavy atom. The zero-order valence-corrected chi connectivity index (χ0v) is 9.33. The molecule has 58 valence electrons. The maximum Gasteiger partial charge on any atom is 0.0252 e. The number of hydrogen-bond donors (Lipinski definition) is 0. The molecule has 1 rings (SSSR count). The van der Waals surface area contributed by atoms with Crippen molar-refractivity contribution >= 4 is 31.9 Å². The lowest BCUT2D eigenvalue weighted by Gasteiger charge is -2.20. The van der Waals surface area contributed by atoms with Crippen LogP contribution in [0.15, 0.2) is 10.1 Å². The zero-order valence-electron chi connectivity index (χ0n) is 6.16. The fourth-order valence-electron chi connectivity index (χ4n) is 1.31. The van der Waals surface area contributed by atoms with E-state index in [9.17, 15) is 0 Å². The van der Waals surface area contributed by atoms with Gasteiger partial charge in [-0.2, -0.15) is 0 Å². The molecule has 0 aromatic heterocycles. The molecule has 0 fully saturated rings.